The molecule has 0 saturated heterocycles. The minimum absolute atomic E-state index is 0.237. The molecule has 3 nitrogen and oxygen atoms in total. The number of halogens is 4. The summed E-state index contributed by atoms with van der Waals surface area (Å²) in [7, 11) is 0. The third-order valence-electron chi connectivity index (χ3n) is 2.36. The van der Waals surface area contributed by atoms with Crippen molar-refractivity contribution >= 4 is 15.9 Å². The number of nitrogens with one attached hydrogen (secondary N) is 1. The Morgan fingerprint density at radius 1 is 1.26 bits per heavy atom. The zero-order valence-corrected chi connectivity index (χ0v) is 11.9. The second kappa shape index (κ2) is 7.72. The summed E-state index contributed by atoms with van der Waals surface area (Å²) in [6.45, 7) is 2.09. The fraction of sp³-hybridized carbons (Fsp3) is 0.500. The summed E-state index contributed by atoms with van der Waals surface area (Å²) in [5.41, 5.74) is 6.25. The zero-order valence-electron chi connectivity index (χ0n) is 10.3. The standard InChI is InChI=1S/C12H16BrF3N2O/c13-10-7-9(8-18-6-2-1-5-17)3-4-11(10)19-12(14,15)16/h3-4,7,18H,1-2,5-6,8,17H2. The number of ether oxygens (including phenoxy) is 1. The highest BCUT2D eigenvalue weighted by atomic mass is 79.9. The Morgan fingerprint density at radius 2 is 2.00 bits per heavy atom. The molecule has 1 aromatic carbocycles. The van der Waals surface area contributed by atoms with Crippen LogP contribution in [0.3, 0.4) is 0 Å². The molecule has 1 rings (SSSR count). The van der Waals surface area contributed by atoms with E-state index in [1.807, 2.05) is 0 Å². The first-order valence-electron chi connectivity index (χ1n) is 5.87. The van der Waals surface area contributed by atoms with Crippen molar-refractivity contribution in [1.29, 1.82) is 0 Å². The molecule has 0 saturated carbocycles. The van der Waals surface area contributed by atoms with E-state index in [0.29, 0.717) is 13.1 Å². The molecule has 0 atom stereocenters. The predicted molar refractivity (Wildman–Crippen MR) is 70.8 cm³/mol. The highest BCUT2D eigenvalue weighted by Crippen LogP contribution is 2.30. The maximum Gasteiger partial charge on any atom is 0.573 e. The SMILES string of the molecule is NCCCCNCc1ccc(OC(F)(F)F)c(Br)c1. The van der Waals surface area contributed by atoms with Crippen molar-refractivity contribution in [2.75, 3.05) is 13.1 Å². The largest absolute Gasteiger partial charge is 0.573 e. The van der Waals surface area contributed by atoms with Crippen molar-refractivity contribution in [1.82, 2.24) is 5.32 Å². The first kappa shape index (κ1) is 16.3. The van der Waals surface area contributed by atoms with Crippen molar-refractivity contribution < 1.29 is 17.9 Å². The summed E-state index contributed by atoms with van der Waals surface area (Å²) in [4.78, 5) is 0. The van der Waals surface area contributed by atoms with Gasteiger partial charge in [0.2, 0.25) is 0 Å². The molecule has 3 N–H and O–H groups in total. The van der Waals surface area contributed by atoms with Crippen LogP contribution in [0.15, 0.2) is 22.7 Å². The van der Waals surface area contributed by atoms with E-state index in [9.17, 15) is 13.2 Å². The molecule has 19 heavy (non-hydrogen) atoms. The second-order valence-corrected chi connectivity index (χ2v) is 4.84. The Morgan fingerprint density at radius 3 is 2.58 bits per heavy atom. The normalized spacial score (nSPS) is 11.6. The fourth-order valence-electron chi connectivity index (χ4n) is 1.49. The summed E-state index contributed by atoms with van der Waals surface area (Å²) in [5, 5.41) is 3.19. The molecule has 108 valence electrons. The van der Waals surface area contributed by atoms with E-state index >= 15 is 0 Å². The molecular formula is C12H16BrF3N2O. The monoisotopic (exact) mass is 340 g/mol. The molecule has 0 amide bonds. The van der Waals surface area contributed by atoms with Gasteiger partial charge in [0.1, 0.15) is 5.75 Å². The van der Waals surface area contributed by atoms with Gasteiger partial charge in [0.15, 0.2) is 0 Å². The van der Waals surface area contributed by atoms with E-state index in [0.717, 1.165) is 24.9 Å². The lowest BCUT2D eigenvalue weighted by Gasteiger charge is -2.12. The van der Waals surface area contributed by atoms with Crippen LogP contribution < -0.4 is 15.8 Å². The number of alkyl halides is 3. The molecule has 0 heterocycles. The van der Waals surface area contributed by atoms with Gasteiger partial charge in [0, 0.05) is 6.54 Å². The zero-order chi connectivity index (χ0) is 14.3. The molecule has 0 aliphatic carbocycles. The fourth-order valence-corrected chi connectivity index (χ4v) is 2.00. The number of hydrogen-bond acceptors (Lipinski definition) is 3. The van der Waals surface area contributed by atoms with Crippen LogP contribution in [-0.2, 0) is 6.54 Å². The third kappa shape index (κ3) is 6.79. The molecule has 0 spiro atoms. The second-order valence-electron chi connectivity index (χ2n) is 3.99. The lowest BCUT2D eigenvalue weighted by molar-refractivity contribution is -0.274. The highest BCUT2D eigenvalue weighted by Gasteiger charge is 2.31. The molecule has 0 aliphatic rings. The Hall–Kier alpha value is -0.790. The Bertz CT molecular complexity index is 399. The van der Waals surface area contributed by atoms with Gasteiger partial charge in [0.25, 0.3) is 0 Å². The van der Waals surface area contributed by atoms with Gasteiger partial charge in [-0.05, 0) is 59.6 Å². The lowest BCUT2D eigenvalue weighted by atomic mass is 10.2. The van der Waals surface area contributed by atoms with E-state index in [1.54, 1.807) is 12.1 Å². The Labute approximate surface area is 118 Å². The highest BCUT2D eigenvalue weighted by molar-refractivity contribution is 9.10. The third-order valence-corrected chi connectivity index (χ3v) is 2.98. The number of unbranched alkanes of at least 4 members (excludes halogenated alkanes) is 1. The molecular weight excluding hydrogens is 325 g/mol. The van der Waals surface area contributed by atoms with E-state index in [2.05, 4.69) is 26.0 Å². The van der Waals surface area contributed by atoms with Crippen molar-refractivity contribution in [3.05, 3.63) is 28.2 Å². The maximum absolute atomic E-state index is 12.1. The molecule has 0 bridgehead atoms. The number of benzene rings is 1. The molecule has 0 radical (unpaired) electrons. The quantitative estimate of drug-likeness (QED) is 0.749. The first-order chi connectivity index (χ1) is 8.92. The minimum Gasteiger partial charge on any atom is -0.405 e. The maximum atomic E-state index is 12.1. The number of nitrogens with two attached hydrogens (primary N) is 1. The molecule has 0 aromatic heterocycles. The van der Waals surface area contributed by atoms with Crippen molar-refractivity contribution in [2.24, 2.45) is 5.73 Å². The van der Waals surface area contributed by atoms with Crippen LogP contribution in [0.25, 0.3) is 0 Å². The van der Waals surface area contributed by atoms with Crippen LogP contribution in [-0.4, -0.2) is 19.5 Å². The van der Waals surface area contributed by atoms with E-state index in [4.69, 9.17) is 5.73 Å². The van der Waals surface area contributed by atoms with Gasteiger partial charge < -0.3 is 15.8 Å². The van der Waals surface area contributed by atoms with E-state index < -0.39 is 6.36 Å². The van der Waals surface area contributed by atoms with Gasteiger partial charge in [-0.25, -0.2) is 0 Å². The van der Waals surface area contributed by atoms with Crippen LogP contribution in [0.1, 0.15) is 18.4 Å². The van der Waals surface area contributed by atoms with Crippen molar-refractivity contribution in [3.8, 4) is 5.75 Å². The molecule has 0 aliphatic heterocycles. The van der Waals surface area contributed by atoms with Gasteiger partial charge in [-0.1, -0.05) is 6.07 Å². The van der Waals surface area contributed by atoms with Crippen molar-refractivity contribution in [2.45, 2.75) is 25.7 Å². The Kier molecular flexibility index (Phi) is 6.60. The summed E-state index contributed by atoms with van der Waals surface area (Å²) in [6, 6.07) is 4.51. The van der Waals surface area contributed by atoms with Crippen LogP contribution in [0.5, 0.6) is 5.75 Å². The minimum atomic E-state index is -4.68. The van der Waals surface area contributed by atoms with Gasteiger partial charge in [-0.3, -0.25) is 0 Å². The predicted octanol–water partition coefficient (Wildman–Crippen LogP) is 3.18. The average molecular weight is 341 g/mol. The van der Waals surface area contributed by atoms with Crippen LogP contribution >= 0.6 is 15.9 Å². The summed E-state index contributed by atoms with van der Waals surface area (Å²) in [6.07, 6.45) is -2.74. The van der Waals surface area contributed by atoms with Gasteiger partial charge in [-0.2, -0.15) is 0 Å². The topological polar surface area (TPSA) is 47.3 Å². The summed E-state index contributed by atoms with van der Waals surface area (Å²) >= 11 is 3.06. The van der Waals surface area contributed by atoms with E-state index in [-0.39, 0.29) is 10.2 Å². The van der Waals surface area contributed by atoms with Gasteiger partial charge in [0.05, 0.1) is 4.47 Å². The van der Waals surface area contributed by atoms with Crippen molar-refractivity contribution in [3.63, 3.8) is 0 Å². The number of hydrogen-bond donors (Lipinski definition) is 2. The molecule has 0 unspecified atom stereocenters. The number of rotatable bonds is 7. The van der Waals surface area contributed by atoms with Gasteiger partial charge >= 0.3 is 6.36 Å². The van der Waals surface area contributed by atoms with E-state index in [1.165, 1.54) is 6.07 Å². The first-order valence-corrected chi connectivity index (χ1v) is 6.66. The smallest absolute Gasteiger partial charge is 0.405 e. The summed E-state index contributed by atoms with van der Waals surface area (Å²) < 4.78 is 40.4. The van der Waals surface area contributed by atoms with Gasteiger partial charge in [-0.15, -0.1) is 13.2 Å². The molecule has 1 aromatic rings. The average Bonchev–Trinajstić information content (AvgIpc) is 2.31. The van der Waals surface area contributed by atoms with Crippen LogP contribution in [0.2, 0.25) is 0 Å². The van der Waals surface area contributed by atoms with Crippen LogP contribution in [0.4, 0.5) is 13.2 Å². The van der Waals surface area contributed by atoms with Crippen LogP contribution in [0, 0.1) is 0 Å². The molecule has 0 fully saturated rings. The Balaban J connectivity index is 2.47. The summed E-state index contributed by atoms with van der Waals surface area (Å²) in [5.74, 6) is -0.237. The lowest BCUT2D eigenvalue weighted by Crippen LogP contribution is -2.18. The molecule has 7 heteroatoms.